The molecule has 1 atom stereocenters. The maximum atomic E-state index is 12.7. The third-order valence-corrected chi connectivity index (χ3v) is 6.66. The summed E-state index contributed by atoms with van der Waals surface area (Å²) in [5.41, 5.74) is 1.84. The van der Waals surface area contributed by atoms with Crippen molar-refractivity contribution >= 4 is 5.91 Å². The molecule has 0 spiro atoms. The minimum Gasteiger partial charge on any atom is -0.384 e. The Balaban J connectivity index is 1.46. The molecule has 0 unspecified atom stereocenters. The number of H-pyrrole nitrogens is 1. The van der Waals surface area contributed by atoms with Crippen LogP contribution in [0.5, 0.6) is 0 Å². The number of fused-ring (bicyclic) bond motifs is 1. The maximum Gasteiger partial charge on any atom is 0.254 e. The molecule has 154 valence electrons. The molecule has 28 heavy (non-hydrogen) atoms. The van der Waals surface area contributed by atoms with Crippen LogP contribution in [0.1, 0.15) is 67.9 Å². The second kappa shape index (κ2) is 8.74. The van der Waals surface area contributed by atoms with Crippen molar-refractivity contribution in [1.29, 1.82) is 0 Å². The zero-order valence-electron chi connectivity index (χ0n) is 16.9. The summed E-state index contributed by atoms with van der Waals surface area (Å²) in [6.45, 7) is 3.57. The van der Waals surface area contributed by atoms with Gasteiger partial charge >= 0.3 is 0 Å². The number of ether oxygens (including phenoxy) is 1. The fraction of sp³-hybridized carbons (Fsp3) is 0.762. The van der Waals surface area contributed by atoms with E-state index in [1.807, 2.05) is 4.90 Å². The van der Waals surface area contributed by atoms with Crippen LogP contribution in [0.2, 0.25) is 0 Å². The van der Waals surface area contributed by atoms with Crippen LogP contribution >= 0.6 is 0 Å². The van der Waals surface area contributed by atoms with Gasteiger partial charge in [0.05, 0.1) is 18.7 Å². The van der Waals surface area contributed by atoms with E-state index in [1.54, 1.807) is 7.11 Å². The van der Waals surface area contributed by atoms with E-state index in [-0.39, 0.29) is 17.4 Å². The molecule has 7 heteroatoms. The molecule has 2 fully saturated rings. The molecule has 3 heterocycles. The average molecular weight is 389 g/mol. The van der Waals surface area contributed by atoms with Crippen molar-refractivity contribution in [2.75, 3.05) is 33.4 Å². The zero-order chi connectivity index (χ0) is 19.5. The second-order valence-corrected chi connectivity index (χ2v) is 8.46. The molecule has 1 N–H and O–H groups in total. The normalized spacial score (nSPS) is 23.8. The highest BCUT2D eigenvalue weighted by molar-refractivity contribution is 5.76. The van der Waals surface area contributed by atoms with E-state index < -0.39 is 0 Å². The second-order valence-electron chi connectivity index (χ2n) is 8.46. The number of hydrogen-bond donors (Lipinski definition) is 1. The summed E-state index contributed by atoms with van der Waals surface area (Å²) in [5, 5.41) is 0. The quantitative estimate of drug-likeness (QED) is 0.832. The van der Waals surface area contributed by atoms with E-state index in [4.69, 9.17) is 9.72 Å². The summed E-state index contributed by atoms with van der Waals surface area (Å²) in [6.07, 6.45) is 8.58. The Hall–Kier alpha value is -1.73. The third-order valence-electron chi connectivity index (χ3n) is 6.66. The van der Waals surface area contributed by atoms with Crippen molar-refractivity contribution in [3.8, 4) is 0 Å². The van der Waals surface area contributed by atoms with Crippen molar-refractivity contribution in [2.24, 2.45) is 0 Å². The van der Waals surface area contributed by atoms with Gasteiger partial charge in [-0.05, 0) is 25.7 Å². The summed E-state index contributed by atoms with van der Waals surface area (Å²) in [4.78, 5) is 37.2. The molecule has 3 aliphatic rings. The topological polar surface area (TPSA) is 78.5 Å². The molecule has 1 saturated carbocycles. The van der Waals surface area contributed by atoms with Gasteiger partial charge in [-0.3, -0.25) is 14.5 Å². The predicted molar refractivity (Wildman–Crippen MR) is 106 cm³/mol. The van der Waals surface area contributed by atoms with E-state index >= 15 is 0 Å². The number of carbonyl (C=O) groups excluding carboxylic acids is 1. The van der Waals surface area contributed by atoms with Gasteiger partial charge in [0, 0.05) is 50.8 Å². The van der Waals surface area contributed by atoms with Crippen molar-refractivity contribution in [2.45, 2.75) is 69.9 Å². The first-order valence-corrected chi connectivity index (χ1v) is 10.8. The zero-order valence-corrected chi connectivity index (χ0v) is 16.9. The highest BCUT2D eigenvalue weighted by Crippen LogP contribution is 2.28. The first-order chi connectivity index (χ1) is 13.7. The minimum atomic E-state index is 0.0208. The molecule has 7 nitrogen and oxygen atoms in total. The van der Waals surface area contributed by atoms with Crippen LogP contribution in [0.25, 0.3) is 0 Å². The Labute approximate surface area is 166 Å². The van der Waals surface area contributed by atoms with Crippen LogP contribution in [0, 0.1) is 0 Å². The molecular formula is C21H32N4O3. The Kier molecular flexibility index (Phi) is 6.11. The number of nitrogens with zero attached hydrogens (tertiary/aromatic N) is 3. The fourth-order valence-corrected chi connectivity index (χ4v) is 4.99. The molecule has 0 aromatic carbocycles. The summed E-state index contributed by atoms with van der Waals surface area (Å²) < 4.78 is 5.01. The minimum absolute atomic E-state index is 0.0208. The molecule has 1 aromatic heterocycles. The largest absolute Gasteiger partial charge is 0.384 e. The fourth-order valence-electron chi connectivity index (χ4n) is 4.99. The highest BCUT2D eigenvalue weighted by Gasteiger charge is 2.31. The van der Waals surface area contributed by atoms with Gasteiger partial charge in [-0.15, -0.1) is 0 Å². The number of rotatable bonds is 5. The lowest BCUT2D eigenvalue weighted by atomic mass is 9.92. The van der Waals surface area contributed by atoms with E-state index in [0.717, 1.165) is 49.6 Å². The SMILES string of the molecule is COCCC(=O)N1CC[C@@H](c2nc3c(c(=O)[nH]2)CCN(C2CCCCC2)C3)C1. The Morgan fingerprint density at radius 1 is 1.21 bits per heavy atom. The number of carbonyl (C=O) groups is 1. The molecule has 0 bridgehead atoms. The van der Waals surface area contributed by atoms with Crippen LogP contribution < -0.4 is 5.56 Å². The first-order valence-electron chi connectivity index (χ1n) is 10.8. The number of likely N-dealkylation sites (tertiary alicyclic amines) is 1. The Bertz CT molecular complexity index is 757. The number of amides is 1. The number of methoxy groups -OCH3 is 1. The maximum absolute atomic E-state index is 12.7. The molecule has 1 aliphatic carbocycles. The van der Waals surface area contributed by atoms with Crippen molar-refractivity contribution < 1.29 is 9.53 Å². The van der Waals surface area contributed by atoms with Gasteiger partial charge in [0.15, 0.2) is 0 Å². The van der Waals surface area contributed by atoms with Crippen LogP contribution in [0.3, 0.4) is 0 Å². The Morgan fingerprint density at radius 2 is 2.04 bits per heavy atom. The number of nitrogens with one attached hydrogen (secondary N) is 1. The third kappa shape index (κ3) is 4.15. The highest BCUT2D eigenvalue weighted by atomic mass is 16.5. The summed E-state index contributed by atoms with van der Waals surface area (Å²) >= 11 is 0. The van der Waals surface area contributed by atoms with E-state index in [2.05, 4.69) is 9.88 Å². The summed E-state index contributed by atoms with van der Waals surface area (Å²) in [6, 6.07) is 0.645. The van der Waals surface area contributed by atoms with Gasteiger partial charge in [-0.1, -0.05) is 19.3 Å². The van der Waals surface area contributed by atoms with Crippen LogP contribution in [0.4, 0.5) is 0 Å². The standard InChI is InChI=1S/C21H32N4O3/c1-28-12-9-19(26)25-10-7-15(13-25)20-22-18-14-24(16-5-3-2-4-6-16)11-8-17(18)21(27)23-20/h15-16H,2-14H2,1H3,(H,22,23,27)/t15-/m1/s1. The van der Waals surface area contributed by atoms with Crippen molar-refractivity contribution in [3.05, 3.63) is 27.4 Å². The summed E-state index contributed by atoms with van der Waals surface area (Å²) in [5.74, 6) is 0.999. The van der Waals surface area contributed by atoms with Crippen LogP contribution in [-0.4, -0.2) is 65.1 Å². The number of aromatic amines is 1. The lowest BCUT2D eigenvalue weighted by Gasteiger charge is -2.37. The molecule has 1 saturated heterocycles. The number of hydrogen-bond acceptors (Lipinski definition) is 5. The van der Waals surface area contributed by atoms with E-state index in [9.17, 15) is 9.59 Å². The number of aromatic nitrogens is 2. The van der Waals surface area contributed by atoms with Gasteiger partial charge in [-0.25, -0.2) is 4.98 Å². The lowest BCUT2D eigenvalue weighted by Crippen LogP contribution is -2.42. The summed E-state index contributed by atoms with van der Waals surface area (Å²) in [7, 11) is 1.61. The van der Waals surface area contributed by atoms with E-state index in [1.165, 1.54) is 32.1 Å². The van der Waals surface area contributed by atoms with E-state index in [0.29, 0.717) is 25.6 Å². The van der Waals surface area contributed by atoms with Gasteiger partial charge < -0.3 is 14.6 Å². The van der Waals surface area contributed by atoms with Crippen molar-refractivity contribution in [3.63, 3.8) is 0 Å². The molecule has 2 aliphatic heterocycles. The van der Waals surface area contributed by atoms with Crippen molar-refractivity contribution in [1.82, 2.24) is 19.8 Å². The smallest absolute Gasteiger partial charge is 0.254 e. The van der Waals surface area contributed by atoms with Crippen LogP contribution in [-0.2, 0) is 22.5 Å². The molecular weight excluding hydrogens is 356 g/mol. The van der Waals surface area contributed by atoms with Gasteiger partial charge in [0.2, 0.25) is 5.91 Å². The Morgan fingerprint density at radius 3 is 2.82 bits per heavy atom. The predicted octanol–water partition coefficient (Wildman–Crippen LogP) is 1.81. The lowest BCUT2D eigenvalue weighted by molar-refractivity contribution is -0.131. The van der Waals surface area contributed by atoms with Gasteiger partial charge in [0.25, 0.3) is 5.56 Å². The molecule has 1 amide bonds. The average Bonchev–Trinajstić information content (AvgIpc) is 3.22. The van der Waals surface area contributed by atoms with Crippen LogP contribution in [0.15, 0.2) is 4.79 Å². The van der Waals surface area contributed by atoms with Gasteiger partial charge in [0.1, 0.15) is 5.82 Å². The first kappa shape index (κ1) is 19.6. The molecule has 0 radical (unpaired) electrons. The monoisotopic (exact) mass is 388 g/mol. The molecule has 4 rings (SSSR count). The van der Waals surface area contributed by atoms with Gasteiger partial charge in [-0.2, -0.15) is 0 Å². The molecule has 1 aromatic rings.